The number of hydrogen-bond donors (Lipinski definition) is 9. The second-order valence-electron chi connectivity index (χ2n) is 7.58. The third kappa shape index (κ3) is 3.70. The molecule has 13 nitrogen and oxygen atoms in total. The highest BCUT2D eigenvalue weighted by Gasteiger charge is 2.45. The first-order valence-electron chi connectivity index (χ1n) is 9.79. The highest BCUT2D eigenvalue weighted by Crippen LogP contribution is 2.43. The lowest BCUT2D eigenvalue weighted by Gasteiger charge is -2.39. The molecule has 182 valence electrons. The highest BCUT2D eigenvalue weighted by atomic mass is 16.7. The Morgan fingerprint density at radius 2 is 1.56 bits per heavy atom. The molecule has 0 unspecified atom stereocenters. The van der Waals surface area contributed by atoms with E-state index >= 15 is 0 Å². The topological polar surface area (TPSA) is 231 Å². The minimum Gasteiger partial charge on any atom is -0.507 e. The van der Waals surface area contributed by atoms with Crippen LogP contribution in [0.2, 0.25) is 0 Å². The molecule has 13 heteroatoms. The molecular weight excluding hydrogens is 460 g/mol. The van der Waals surface area contributed by atoms with E-state index in [4.69, 9.17) is 13.9 Å². The summed E-state index contributed by atoms with van der Waals surface area (Å²) in [5.74, 6) is -4.86. The molecule has 1 aromatic heterocycles. The molecule has 0 bridgehead atoms. The predicted octanol–water partition coefficient (Wildman–Crippen LogP) is -0.833. The molecule has 1 aliphatic heterocycles. The third-order valence-corrected chi connectivity index (χ3v) is 5.38. The summed E-state index contributed by atoms with van der Waals surface area (Å²) in [5, 5.41) is 88.7. The Balaban J connectivity index is 1.95. The molecule has 9 N–H and O–H groups in total. The average molecular weight is 480 g/mol. The van der Waals surface area contributed by atoms with Gasteiger partial charge in [-0.15, -0.1) is 0 Å². The molecule has 4 rings (SSSR count). The molecule has 0 aliphatic carbocycles. The quantitative estimate of drug-likeness (QED) is 0.164. The number of aromatic hydroxyl groups is 5. The summed E-state index contributed by atoms with van der Waals surface area (Å²) >= 11 is 0. The van der Waals surface area contributed by atoms with Crippen molar-refractivity contribution in [3.63, 3.8) is 0 Å². The summed E-state index contributed by atoms with van der Waals surface area (Å²) in [6, 6.07) is 3.89. The molecule has 3 aromatic rings. The molecular formula is C21H20O13. The average Bonchev–Trinajstić information content (AvgIpc) is 2.80. The Hall–Kier alpha value is -3.75. The fraction of sp³-hybridized carbons (Fsp3) is 0.286. The van der Waals surface area contributed by atoms with Gasteiger partial charge in [0.15, 0.2) is 28.6 Å². The van der Waals surface area contributed by atoms with Crippen molar-refractivity contribution in [1.82, 2.24) is 0 Å². The molecule has 0 saturated carbocycles. The van der Waals surface area contributed by atoms with Gasteiger partial charge in [0.05, 0.1) is 6.61 Å². The molecule has 1 aliphatic rings. The van der Waals surface area contributed by atoms with Crippen LogP contribution in [0.4, 0.5) is 0 Å². The van der Waals surface area contributed by atoms with Crippen LogP contribution in [0.1, 0.15) is 0 Å². The minimum atomic E-state index is -1.91. The second-order valence-corrected chi connectivity index (χ2v) is 7.58. The number of aliphatic hydroxyl groups excluding tert-OH is 4. The van der Waals surface area contributed by atoms with Crippen molar-refractivity contribution in [1.29, 1.82) is 0 Å². The lowest BCUT2D eigenvalue weighted by Crippen LogP contribution is -2.60. The molecule has 1 fully saturated rings. The maximum atomic E-state index is 13.3. The SMILES string of the molecule is O=c1c(O[C@@H]2O[C@H](CO)[C@H](O)[C@H](O)[C@H]2O)c(-c2ccc(O)c(O)c2)oc2c(O)c(O)cc(O)c12. The predicted molar refractivity (Wildman–Crippen MR) is 111 cm³/mol. The standard InChI is InChI=1S/C21H20O13/c22-5-11-14(28)16(30)17(31)21(32-11)34-20-15(29)12-9(25)4-10(26)13(27)19(12)33-18(20)6-1-2-7(23)8(24)3-6/h1-4,11,14,16-17,21-28,30-31H,5H2/t11-,14+,16+,17-,21+/m1/s1. The van der Waals surface area contributed by atoms with Gasteiger partial charge in [-0.25, -0.2) is 0 Å². The Morgan fingerprint density at radius 1 is 0.853 bits per heavy atom. The largest absolute Gasteiger partial charge is 0.507 e. The summed E-state index contributed by atoms with van der Waals surface area (Å²) in [6.07, 6.45) is -8.64. The van der Waals surface area contributed by atoms with Crippen LogP contribution in [-0.4, -0.2) is 83.3 Å². The Bertz CT molecular complexity index is 1300. The summed E-state index contributed by atoms with van der Waals surface area (Å²) < 4.78 is 16.3. The van der Waals surface area contributed by atoms with E-state index in [2.05, 4.69) is 0 Å². The zero-order chi connectivity index (χ0) is 24.9. The molecule has 0 spiro atoms. The highest BCUT2D eigenvalue weighted by molar-refractivity contribution is 5.93. The van der Waals surface area contributed by atoms with E-state index in [-0.39, 0.29) is 5.56 Å². The number of phenolic OH excluding ortho intramolecular Hbond substituents is 5. The maximum absolute atomic E-state index is 13.3. The molecule has 0 amide bonds. The van der Waals surface area contributed by atoms with E-state index in [1.165, 1.54) is 6.07 Å². The van der Waals surface area contributed by atoms with Crippen LogP contribution in [0.25, 0.3) is 22.3 Å². The van der Waals surface area contributed by atoms with Crippen LogP contribution in [-0.2, 0) is 4.74 Å². The Labute approximate surface area is 189 Å². The first-order valence-corrected chi connectivity index (χ1v) is 9.79. The maximum Gasteiger partial charge on any atom is 0.239 e. The van der Waals surface area contributed by atoms with Crippen LogP contribution in [0.5, 0.6) is 34.5 Å². The third-order valence-electron chi connectivity index (χ3n) is 5.38. The fourth-order valence-electron chi connectivity index (χ4n) is 3.55. The van der Waals surface area contributed by atoms with Gasteiger partial charge in [0.1, 0.15) is 35.6 Å². The summed E-state index contributed by atoms with van der Waals surface area (Å²) in [6.45, 7) is -0.774. The zero-order valence-electron chi connectivity index (χ0n) is 17.1. The molecule has 2 heterocycles. The zero-order valence-corrected chi connectivity index (χ0v) is 17.1. The van der Waals surface area contributed by atoms with Crippen LogP contribution in [0, 0.1) is 0 Å². The number of rotatable bonds is 4. The molecule has 0 radical (unpaired) electrons. The Morgan fingerprint density at radius 3 is 2.21 bits per heavy atom. The van der Waals surface area contributed by atoms with E-state index < -0.39 is 94.0 Å². The number of ether oxygens (including phenoxy) is 2. The van der Waals surface area contributed by atoms with Crippen LogP contribution in [0.3, 0.4) is 0 Å². The Kier molecular flexibility index (Phi) is 5.89. The fourth-order valence-corrected chi connectivity index (χ4v) is 3.55. The van der Waals surface area contributed by atoms with Gasteiger partial charge in [0.2, 0.25) is 23.2 Å². The van der Waals surface area contributed by atoms with Crippen molar-refractivity contribution in [2.75, 3.05) is 6.61 Å². The normalized spacial score (nSPS) is 24.9. The molecule has 1 saturated heterocycles. The van der Waals surface area contributed by atoms with Gasteiger partial charge >= 0.3 is 0 Å². The lowest BCUT2D eigenvalue weighted by molar-refractivity contribution is -0.277. The van der Waals surface area contributed by atoms with E-state index in [1.807, 2.05) is 0 Å². The number of aliphatic hydroxyl groups is 4. The van der Waals surface area contributed by atoms with Gasteiger partial charge in [-0.3, -0.25) is 4.79 Å². The number of hydrogen-bond acceptors (Lipinski definition) is 13. The van der Waals surface area contributed by atoms with Gasteiger partial charge in [-0.05, 0) is 18.2 Å². The summed E-state index contributed by atoms with van der Waals surface area (Å²) in [4.78, 5) is 13.3. The van der Waals surface area contributed by atoms with Crippen molar-refractivity contribution in [3.05, 3.63) is 34.5 Å². The van der Waals surface area contributed by atoms with Crippen LogP contribution < -0.4 is 10.2 Å². The van der Waals surface area contributed by atoms with Crippen LogP contribution >= 0.6 is 0 Å². The molecule has 5 atom stereocenters. The van der Waals surface area contributed by atoms with Gasteiger partial charge in [-0.1, -0.05) is 0 Å². The van der Waals surface area contributed by atoms with Gasteiger partial charge in [-0.2, -0.15) is 0 Å². The summed E-state index contributed by atoms with van der Waals surface area (Å²) in [5.41, 5.74) is -1.85. The monoisotopic (exact) mass is 480 g/mol. The van der Waals surface area contributed by atoms with E-state index in [1.54, 1.807) is 0 Å². The molecule has 34 heavy (non-hydrogen) atoms. The number of benzene rings is 2. The first kappa shape index (κ1) is 23.4. The van der Waals surface area contributed by atoms with Crippen molar-refractivity contribution >= 4 is 11.0 Å². The van der Waals surface area contributed by atoms with Crippen LogP contribution in [0.15, 0.2) is 33.5 Å². The van der Waals surface area contributed by atoms with Gasteiger partial charge in [0, 0.05) is 11.6 Å². The smallest absolute Gasteiger partial charge is 0.239 e. The first-order chi connectivity index (χ1) is 16.0. The van der Waals surface area contributed by atoms with Crippen molar-refractivity contribution in [2.24, 2.45) is 0 Å². The second kappa shape index (κ2) is 8.55. The minimum absolute atomic E-state index is 0.0869. The van der Waals surface area contributed by atoms with E-state index in [0.29, 0.717) is 6.07 Å². The lowest BCUT2D eigenvalue weighted by atomic mass is 9.99. The van der Waals surface area contributed by atoms with Gasteiger partial charge in [0.25, 0.3) is 0 Å². The summed E-state index contributed by atoms with van der Waals surface area (Å²) in [7, 11) is 0. The van der Waals surface area contributed by atoms with Gasteiger partial charge < -0.3 is 59.8 Å². The van der Waals surface area contributed by atoms with Crippen molar-refractivity contribution in [2.45, 2.75) is 30.7 Å². The molecule has 2 aromatic carbocycles. The number of phenols is 5. The van der Waals surface area contributed by atoms with E-state index in [9.17, 15) is 50.8 Å². The van der Waals surface area contributed by atoms with Crippen molar-refractivity contribution < 1.29 is 59.8 Å². The van der Waals surface area contributed by atoms with Crippen molar-refractivity contribution in [3.8, 4) is 45.8 Å². The van der Waals surface area contributed by atoms with E-state index in [0.717, 1.165) is 12.1 Å². The number of fused-ring (bicyclic) bond motifs is 1.